The van der Waals surface area contributed by atoms with Gasteiger partial charge < -0.3 is 9.64 Å². The van der Waals surface area contributed by atoms with Crippen LogP contribution in [0.25, 0.3) is 0 Å². The first-order valence-electron chi connectivity index (χ1n) is 9.45. The number of benzene rings is 2. The van der Waals surface area contributed by atoms with Crippen molar-refractivity contribution in [2.45, 2.75) is 31.8 Å². The molecular formula is C22H24FNO2. The Kier molecular flexibility index (Phi) is 4.91. The first-order valence-corrected chi connectivity index (χ1v) is 9.45. The summed E-state index contributed by atoms with van der Waals surface area (Å²) >= 11 is 0. The molecule has 0 aromatic heterocycles. The molecule has 1 unspecified atom stereocenters. The molecule has 0 bridgehead atoms. The van der Waals surface area contributed by atoms with E-state index in [1.54, 1.807) is 12.1 Å². The lowest BCUT2D eigenvalue weighted by molar-refractivity contribution is 0.0274. The summed E-state index contributed by atoms with van der Waals surface area (Å²) in [6, 6.07) is 15.8. The summed E-state index contributed by atoms with van der Waals surface area (Å²) in [5.74, 6) is 1.82. The number of likely N-dealkylation sites (tertiary alicyclic amines) is 1. The molecule has 2 aromatic rings. The Morgan fingerprint density at radius 1 is 0.962 bits per heavy atom. The number of ether oxygens (including phenoxy) is 1. The smallest absolute Gasteiger partial charge is 0.253 e. The zero-order valence-electron chi connectivity index (χ0n) is 14.8. The van der Waals surface area contributed by atoms with Gasteiger partial charge in [0, 0.05) is 18.7 Å². The number of fused-ring (bicyclic) bond motifs is 1. The average molecular weight is 353 g/mol. The zero-order chi connectivity index (χ0) is 17.9. The molecule has 1 aliphatic heterocycles. The molecule has 2 aliphatic rings. The van der Waals surface area contributed by atoms with Gasteiger partial charge >= 0.3 is 0 Å². The van der Waals surface area contributed by atoms with Crippen molar-refractivity contribution in [2.24, 2.45) is 11.8 Å². The van der Waals surface area contributed by atoms with Crippen molar-refractivity contribution in [2.75, 3.05) is 13.1 Å². The summed E-state index contributed by atoms with van der Waals surface area (Å²) in [4.78, 5) is 14.7. The summed E-state index contributed by atoms with van der Waals surface area (Å²) in [7, 11) is 0. The van der Waals surface area contributed by atoms with Crippen LogP contribution in [0, 0.1) is 17.7 Å². The molecule has 4 heteroatoms. The number of carbonyl (C=O) groups is 1. The fourth-order valence-electron chi connectivity index (χ4n) is 4.33. The van der Waals surface area contributed by atoms with Crippen LogP contribution in [-0.2, 0) is 0 Å². The lowest BCUT2D eigenvalue weighted by Crippen LogP contribution is -2.47. The molecule has 2 fully saturated rings. The number of amides is 1. The van der Waals surface area contributed by atoms with E-state index in [4.69, 9.17) is 4.74 Å². The van der Waals surface area contributed by atoms with Gasteiger partial charge in [-0.3, -0.25) is 4.79 Å². The van der Waals surface area contributed by atoms with Crippen LogP contribution in [0.4, 0.5) is 4.39 Å². The Bertz CT molecular complexity index is 746. The van der Waals surface area contributed by atoms with Crippen molar-refractivity contribution < 1.29 is 13.9 Å². The molecular weight excluding hydrogens is 329 g/mol. The van der Waals surface area contributed by atoms with Crippen LogP contribution < -0.4 is 4.74 Å². The standard InChI is InChI=1S/C22H24FNO2/c23-19-7-10-20(11-8-19)26-21-9-6-18-15-24(13-12-17(18)14-21)22(25)16-4-2-1-3-5-16/h1-5,7-8,10-11,17-18,21H,6,9,12-15H2/t17-,18+,21?/m0/s1. The van der Waals surface area contributed by atoms with E-state index in [0.29, 0.717) is 11.8 Å². The fraction of sp³-hybridized carbons (Fsp3) is 0.409. The fourth-order valence-corrected chi connectivity index (χ4v) is 4.33. The van der Waals surface area contributed by atoms with E-state index in [9.17, 15) is 9.18 Å². The minimum absolute atomic E-state index is 0.147. The summed E-state index contributed by atoms with van der Waals surface area (Å²) < 4.78 is 19.1. The molecule has 136 valence electrons. The average Bonchev–Trinajstić information content (AvgIpc) is 2.69. The minimum Gasteiger partial charge on any atom is -0.490 e. The van der Waals surface area contributed by atoms with Gasteiger partial charge in [0.05, 0.1) is 6.10 Å². The first kappa shape index (κ1) is 17.1. The van der Waals surface area contributed by atoms with E-state index in [1.807, 2.05) is 35.2 Å². The second-order valence-corrected chi connectivity index (χ2v) is 7.43. The van der Waals surface area contributed by atoms with Gasteiger partial charge in [0.1, 0.15) is 11.6 Å². The van der Waals surface area contributed by atoms with E-state index >= 15 is 0 Å². The highest BCUT2D eigenvalue weighted by Crippen LogP contribution is 2.38. The van der Waals surface area contributed by atoms with Crippen LogP contribution >= 0.6 is 0 Å². The van der Waals surface area contributed by atoms with Crippen molar-refractivity contribution in [1.82, 2.24) is 4.90 Å². The van der Waals surface area contributed by atoms with E-state index in [1.165, 1.54) is 12.1 Å². The zero-order valence-corrected chi connectivity index (χ0v) is 14.8. The van der Waals surface area contributed by atoms with Crippen LogP contribution in [-0.4, -0.2) is 30.0 Å². The van der Waals surface area contributed by atoms with Crippen molar-refractivity contribution in [3.63, 3.8) is 0 Å². The van der Waals surface area contributed by atoms with E-state index < -0.39 is 0 Å². The third kappa shape index (κ3) is 3.74. The third-order valence-electron chi connectivity index (χ3n) is 5.74. The van der Waals surface area contributed by atoms with E-state index in [-0.39, 0.29) is 17.8 Å². The molecule has 3 atom stereocenters. The topological polar surface area (TPSA) is 29.5 Å². The van der Waals surface area contributed by atoms with E-state index in [2.05, 4.69) is 0 Å². The number of hydrogen-bond donors (Lipinski definition) is 0. The molecule has 0 radical (unpaired) electrons. The minimum atomic E-state index is -0.239. The number of hydrogen-bond acceptors (Lipinski definition) is 2. The Balaban J connectivity index is 1.34. The molecule has 0 spiro atoms. The maximum absolute atomic E-state index is 13.0. The second-order valence-electron chi connectivity index (χ2n) is 7.43. The summed E-state index contributed by atoms with van der Waals surface area (Å²) in [6.45, 7) is 1.67. The van der Waals surface area contributed by atoms with Crippen molar-refractivity contribution >= 4 is 5.91 Å². The van der Waals surface area contributed by atoms with Gasteiger partial charge in [-0.1, -0.05) is 18.2 Å². The van der Waals surface area contributed by atoms with Crippen LogP contribution in [0.2, 0.25) is 0 Å². The highest BCUT2D eigenvalue weighted by atomic mass is 19.1. The maximum atomic E-state index is 13.0. The molecule has 1 heterocycles. The van der Waals surface area contributed by atoms with Gasteiger partial charge in [0.25, 0.3) is 5.91 Å². The summed E-state index contributed by atoms with van der Waals surface area (Å²) in [6.07, 6.45) is 4.32. The summed E-state index contributed by atoms with van der Waals surface area (Å²) in [5.41, 5.74) is 0.777. The van der Waals surface area contributed by atoms with Crippen LogP contribution in [0.15, 0.2) is 54.6 Å². The van der Waals surface area contributed by atoms with Crippen molar-refractivity contribution in [3.05, 3.63) is 66.0 Å². The molecule has 0 N–H and O–H groups in total. The highest BCUT2D eigenvalue weighted by Gasteiger charge is 2.37. The van der Waals surface area contributed by atoms with Crippen molar-refractivity contribution in [1.29, 1.82) is 0 Å². The lowest BCUT2D eigenvalue weighted by Gasteiger charge is -2.43. The SMILES string of the molecule is O=C(c1ccccc1)N1CC[C@H]2CC(Oc3ccc(F)cc3)CC[C@@H]2C1. The lowest BCUT2D eigenvalue weighted by atomic mass is 9.74. The van der Waals surface area contributed by atoms with E-state index in [0.717, 1.165) is 50.1 Å². The molecule has 1 amide bonds. The quantitative estimate of drug-likeness (QED) is 0.811. The Morgan fingerprint density at radius 3 is 2.50 bits per heavy atom. The predicted molar refractivity (Wildman–Crippen MR) is 98.6 cm³/mol. The molecule has 3 nitrogen and oxygen atoms in total. The number of nitrogens with zero attached hydrogens (tertiary/aromatic N) is 1. The number of piperidine rings is 1. The molecule has 4 rings (SSSR count). The summed E-state index contributed by atoms with van der Waals surface area (Å²) in [5, 5.41) is 0. The van der Waals surface area contributed by atoms with Gasteiger partial charge in [-0.25, -0.2) is 4.39 Å². The Labute approximate surface area is 153 Å². The number of carbonyl (C=O) groups excluding carboxylic acids is 1. The van der Waals surface area contributed by atoms with Crippen LogP contribution in [0.1, 0.15) is 36.0 Å². The highest BCUT2D eigenvalue weighted by molar-refractivity contribution is 5.94. The normalized spacial score (nSPS) is 25.4. The Morgan fingerprint density at radius 2 is 1.73 bits per heavy atom. The number of rotatable bonds is 3. The van der Waals surface area contributed by atoms with Crippen LogP contribution in [0.5, 0.6) is 5.75 Å². The molecule has 1 saturated carbocycles. The van der Waals surface area contributed by atoms with Crippen LogP contribution in [0.3, 0.4) is 0 Å². The largest absolute Gasteiger partial charge is 0.490 e. The second kappa shape index (κ2) is 7.48. The maximum Gasteiger partial charge on any atom is 0.253 e. The predicted octanol–water partition coefficient (Wildman–Crippen LogP) is 4.54. The molecule has 2 aromatic carbocycles. The molecule has 1 saturated heterocycles. The van der Waals surface area contributed by atoms with Gasteiger partial charge in [-0.2, -0.15) is 0 Å². The van der Waals surface area contributed by atoms with Gasteiger partial charge in [-0.15, -0.1) is 0 Å². The monoisotopic (exact) mass is 353 g/mol. The molecule has 26 heavy (non-hydrogen) atoms. The van der Waals surface area contributed by atoms with Gasteiger partial charge in [0.2, 0.25) is 0 Å². The first-order chi connectivity index (χ1) is 12.7. The number of halogens is 1. The van der Waals surface area contributed by atoms with Gasteiger partial charge in [-0.05, 0) is 73.9 Å². The Hall–Kier alpha value is -2.36. The third-order valence-corrected chi connectivity index (χ3v) is 5.74. The molecule has 1 aliphatic carbocycles. The van der Waals surface area contributed by atoms with Gasteiger partial charge in [0.15, 0.2) is 0 Å². The van der Waals surface area contributed by atoms with Crippen molar-refractivity contribution in [3.8, 4) is 5.75 Å².